The Morgan fingerprint density at radius 2 is 1.82 bits per heavy atom. The molecule has 28 heavy (non-hydrogen) atoms. The summed E-state index contributed by atoms with van der Waals surface area (Å²) in [6, 6.07) is 12.8. The normalized spacial score (nSPS) is 10.5. The first-order valence-corrected chi connectivity index (χ1v) is 8.67. The van der Waals surface area contributed by atoms with Crippen LogP contribution in [-0.2, 0) is 14.3 Å². The lowest BCUT2D eigenvalue weighted by molar-refractivity contribution is -0.149. The fraction of sp³-hybridized carbons (Fsp3) is 0.150. The van der Waals surface area contributed by atoms with Crippen molar-refractivity contribution in [2.45, 2.75) is 6.92 Å². The SMILES string of the molecule is Cc1cc(=O)oc2cc(OCC(=O)OCC(=O)Nc3ccc(Cl)cc3)ccc12. The minimum Gasteiger partial charge on any atom is -0.482 e. The van der Waals surface area contributed by atoms with Gasteiger partial charge in [0.25, 0.3) is 5.91 Å². The lowest BCUT2D eigenvalue weighted by atomic mass is 10.1. The molecule has 1 N–H and O–H groups in total. The number of halogens is 1. The van der Waals surface area contributed by atoms with Crippen molar-refractivity contribution >= 4 is 40.1 Å². The highest BCUT2D eigenvalue weighted by Crippen LogP contribution is 2.22. The van der Waals surface area contributed by atoms with Crippen LogP contribution in [0.1, 0.15) is 5.56 Å². The van der Waals surface area contributed by atoms with E-state index in [2.05, 4.69) is 5.32 Å². The summed E-state index contributed by atoms with van der Waals surface area (Å²) in [5.41, 5.74) is 1.21. The zero-order valence-electron chi connectivity index (χ0n) is 14.9. The fourth-order valence-electron chi connectivity index (χ4n) is 2.46. The Balaban J connectivity index is 1.50. The lowest BCUT2D eigenvalue weighted by Crippen LogP contribution is -2.23. The van der Waals surface area contributed by atoms with Gasteiger partial charge in [0.05, 0.1) is 0 Å². The van der Waals surface area contributed by atoms with E-state index >= 15 is 0 Å². The molecule has 0 aliphatic rings. The second-order valence-electron chi connectivity index (χ2n) is 5.91. The van der Waals surface area contributed by atoms with Gasteiger partial charge < -0.3 is 19.2 Å². The number of hydrogen-bond acceptors (Lipinski definition) is 6. The maximum atomic E-state index is 11.8. The van der Waals surface area contributed by atoms with Crippen molar-refractivity contribution in [1.29, 1.82) is 0 Å². The maximum Gasteiger partial charge on any atom is 0.344 e. The maximum absolute atomic E-state index is 11.8. The van der Waals surface area contributed by atoms with Gasteiger partial charge in [0, 0.05) is 28.2 Å². The molecule has 0 radical (unpaired) electrons. The fourth-order valence-corrected chi connectivity index (χ4v) is 2.58. The lowest BCUT2D eigenvalue weighted by Gasteiger charge is -2.09. The van der Waals surface area contributed by atoms with Crippen molar-refractivity contribution in [3.63, 3.8) is 0 Å². The Morgan fingerprint density at radius 1 is 1.07 bits per heavy atom. The molecule has 144 valence electrons. The Bertz CT molecular complexity index is 1070. The van der Waals surface area contributed by atoms with Crippen molar-refractivity contribution in [2.75, 3.05) is 18.5 Å². The summed E-state index contributed by atoms with van der Waals surface area (Å²) >= 11 is 5.77. The van der Waals surface area contributed by atoms with Crippen molar-refractivity contribution < 1.29 is 23.5 Å². The molecule has 3 aromatic rings. The van der Waals surface area contributed by atoms with Crippen molar-refractivity contribution in [2.24, 2.45) is 0 Å². The molecule has 2 aromatic carbocycles. The third-order valence-electron chi connectivity index (χ3n) is 3.77. The van der Waals surface area contributed by atoms with Crippen LogP contribution >= 0.6 is 11.6 Å². The van der Waals surface area contributed by atoms with Crippen LogP contribution in [0.15, 0.2) is 57.7 Å². The van der Waals surface area contributed by atoms with E-state index in [-0.39, 0.29) is 0 Å². The Kier molecular flexibility index (Phi) is 5.96. The third kappa shape index (κ3) is 5.11. The number of nitrogens with one attached hydrogen (secondary N) is 1. The van der Waals surface area contributed by atoms with Gasteiger partial charge in [-0.15, -0.1) is 0 Å². The van der Waals surface area contributed by atoms with Crippen molar-refractivity contribution in [3.8, 4) is 5.75 Å². The van der Waals surface area contributed by atoms with Crippen LogP contribution in [0.5, 0.6) is 5.75 Å². The van der Waals surface area contributed by atoms with Crippen LogP contribution in [0.4, 0.5) is 5.69 Å². The largest absolute Gasteiger partial charge is 0.482 e. The molecular formula is C20H16ClNO6. The topological polar surface area (TPSA) is 94.8 Å². The second kappa shape index (κ2) is 8.58. The average Bonchev–Trinajstić information content (AvgIpc) is 2.66. The minimum absolute atomic E-state index is 0.337. The van der Waals surface area contributed by atoms with Crippen molar-refractivity contribution in [3.05, 3.63) is 69.5 Å². The second-order valence-corrected chi connectivity index (χ2v) is 6.35. The van der Waals surface area contributed by atoms with Gasteiger partial charge in [-0.2, -0.15) is 0 Å². The smallest absolute Gasteiger partial charge is 0.344 e. The van der Waals surface area contributed by atoms with Crippen LogP contribution in [0.2, 0.25) is 5.02 Å². The van der Waals surface area contributed by atoms with E-state index in [0.29, 0.717) is 22.0 Å². The van der Waals surface area contributed by atoms with E-state index in [1.165, 1.54) is 12.1 Å². The Hall–Kier alpha value is -3.32. The van der Waals surface area contributed by atoms with Crippen molar-refractivity contribution in [1.82, 2.24) is 0 Å². The van der Waals surface area contributed by atoms with Crippen LogP contribution in [0, 0.1) is 6.92 Å². The Labute approximate surface area is 164 Å². The highest BCUT2D eigenvalue weighted by atomic mass is 35.5. The van der Waals surface area contributed by atoms with Gasteiger partial charge >= 0.3 is 11.6 Å². The number of esters is 1. The van der Waals surface area contributed by atoms with Crippen LogP contribution in [-0.4, -0.2) is 25.1 Å². The van der Waals surface area contributed by atoms with Gasteiger partial charge in [-0.25, -0.2) is 9.59 Å². The van der Waals surface area contributed by atoms with Gasteiger partial charge in [0.1, 0.15) is 11.3 Å². The molecule has 0 unspecified atom stereocenters. The summed E-state index contributed by atoms with van der Waals surface area (Å²) in [6.45, 7) is 0.957. The predicted octanol–water partition coefficient (Wildman–Crippen LogP) is 3.32. The molecule has 3 rings (SSSR count). The molecule has 0 spiro atoms. The van der Waals surface area contributed by atoms with Crippen LogP contribution in [0.3, 0.4) is 0 Å². The summed E-state index contributed by atoms with van der Waals surface area (Å²) in [4.78, 5) is 35.0. The summed E-state index contributed by atoms with van der Waals surface area (Å²) in [7, 11) is 0. The predicted molar refractivity (Wildman–Crippen MR) is 104 cm³/mol. The summed E-state index contributed by atoms with van der Waals surface area (Å²) < 4.78 is 15.3. The van der Waals surface area contributed by atoms with E-state index in [1.807, 2.05) is 0 Å². The van der Waals surface area contributed by atoms with E-state index in [1.54, 1.807) is 43.3 Å². The quantitative estimate of drug-likeness (QED) is 0.503. The number of ether oxygens (including phenoxy) is 2. The molecular weight excluding hydrogens is 386 g/mol. The molecule has 1 aromatic heterocycles. The number of carbonyl (C=O) groups excluding carboxylic acids is 2. The van der Waals surface area contributed by atoms with Gasteiger partial charge in [0.15, 0.2) is 13.2 Å². The molecule has 1 amide bonds. The third-order valence-corrected chi connectivity index (χ3v) is 4.02. The summed E-state index contributed by atoms with van der Waals surface area (Å²) in [5.74, 6) is -0.862. The standard InChI is InChI=1S/C20H16ClNO6/c1-12-8-19(24)28-17-9-15(6-7-16(12)17)26-11-20(25)27-10-18(23)22-14-4-2-13(21)3-5-14/h2-9H,10-11H2,1H3,(H,22,23). The molecule has 0 aliphatic heterocycles. The summed E-state index contributed by atoms with van der Waals surface area (Å²) in [6.07, 6.45) is 0. The molecule has 0 saturated heterocycles. The molecule has 7 nitrogen and oxygen atoms in total. The first-order valence-electron chi connectivity index (χ1n) is 8.29. The van der Waals surface area contributed by atoms with E-state index in [4.69, 9.17) is 25.5 Å². The highest BCUT2D eigenvalue weighted by molar-refractivity contribution is 6.30. The van der Waals surface area contributed by atoms with E-state index < -0.39 is 30.7 Å². The Morgan fingerprint density at radius 3 is 2.57 bits per heavy atom. The summed E-state index contributed by atoms with van der Waals surface area (Å²) in [5, 5.41) is 3.89. The average molecular weight is 402 g/mol. The van der Waals surface area contributed by atoms with Gasteiger partial charge in [-0.05, 0) is 48.9 Å². The number of hydrogen-bond donors (Lipinski definition) is 1. The molecule has 8 heteroatoms. The molecule has 0 atom stereocenters. The first kappa shape index (κ1) is 19.4. The van der Waals surface area contributed by atoms with E-state index in [0.717, 1.165) is 10.9 Å². The molecule has 0 bridgehead atoms. The van der Waals surface area contributed by atoms with E-state index in [9.17, 15) is 14.4 Å². The van der Waals surface area contributed by atoms with Gasteiger partial charge in [-0.1, -0.05) is 11.6 Å². The highest BCUT2D eigenvalue weighted by Gasteiger charge is 2.10. The zero-order chi connectivity index (χ0) is 20.1. The van der Waals surface area contributed by atoms with Gasteiger partial charge in [-0.3, -0.25) is 4.79 Å². The molecule has 0 aliphatic carbocycles. The number of benzene rings is 2. The number of rotatable bonds is 6. The monoisotopic (exact) mass is 401 g/mol. The number of anilines is 1. The van der Waals surface area contributed by atoms with Gasteiger partial charge in [0.2, 0.25) is 0 Å². The number of aryl methyl sites for hydroxylation is 1. The van der Waals surface area contributed by atoms with Crippen LogP contribution in [0.25, 0.3) is 11.0 Å². The zero-order valence-corrected chi connectivity index (χ0v) is 15.6. The number of amides is 1. The number of carbonyl (C=O) groups is 2. The molecule has 0 fully saturated rings. The minimum atomic E-state index is -0.711. The molecule has 0 saturated carbocycles. The molecule has 1 heterocycles. The first-order chi connectivity index (χ1) is 13.4. The number of fused-ring (bicyclic) bond motifs is 1. The van der Waals surface area contributed by atoms with Crippen LogP contribution < -0.4 is 15.7 Å².